The fourth-order valence-corrected chi connectivity index (χ4v) is 1.87. The van der Waals surface area contributed by atoms with Gasteiger partial charge in [0.15, 0.2) is 0 Å². The zero-order chi connectivity index (χ0) is 10.8. The van der Waals surface area contributed by atoms with Crippen LogP contribution in [0.1, 0.15) is 25.0 Å². The van der Waals surface area contributed by atoms with Crippen LogP contribution in [0, 0.1) is 5.92 Å². The van der Waals surface area contributed by atoms with Gasteiger partial charge in [0.1, 0.15) is 0 Å². The Labute approximate surface area is 87.7 Å². The molecule has 1 aliphatic heterocycles. The molecule has 0 spiro atoms. The highest BCUT2D eigenvalue weighted by molar-refractivity contribution is 5.71. The number of aryl methyl sites for hydroxylation is 1. The first-order valence-electron chi connectivity index (χ1n) is 5.09. The van der Waals surface area contributed by atoms with Crippen molar-refractivity contribution in [3.05, 3.63) is 18.0 Å². The van der Waals surface area contributed by atoms with Gasteiger partial charge in [0.05, 0.1) is 18.2 Å². The lowest BCUT2D eigenvalue weighted by molar-refractivity contribution is -0.143. The standard InChI is InChI=1S/C10H14N2O3/c1-2-12-6-7(5-11-12)9-8(10(13)14)3-4-15-9/h5-6,8-9H,2-4H2,1H3,(H,13,14)/t8-,9+/m1/s1. The van der Waals surface area contributed by atoms with Gasteiger partial charge in [-0.1, -0.05) is 0 Å². The van der Waals surface area contributed by atoms with E-state index in [1.54, 1.807) is 10.9 Å². The summed E-state index contributed by atoms with van der Waals surface area (Å²) in [5.74, 6) is -1.22. The number of aromatic nitrogens is 2. The summed E-state index contributed by atoms with van der Waals surface area (Å²) in [6, 6.07) is 0. The topological polar surface area (TPSA) is 64.3 Å². The first-order valence-corrected chi connectivity index (χ1v) is 5.09. The summed E-state index contributed by atoms with van der Waals surface area (Å²) >= 11 is 0. The molecule has 5 nitrogen and oxygen atoms in total. The molecule has 0 bridgehead atoms. The molecule has 1 aromatic heterocycles. The van der Waals surface area contributed by atoms with E-state index in [-0.39, 0.29) is 6.10 Å². The van der Waals surface area contributed by atoms with Gasteiger partial charge in [-0.25, -0.2) is 0 Å². The van der Waals surface area contributed by atoms with Crippen LogP contribution in [-0.4, -0.2) is 27.5 Å². The van der Waals surface area contributed by atoms with E-state index in [1.807, 2.05) is 13.1 Å². The Morgan fingerprint density at radius 1 is 1.80 bits per heavy atom. The summed E-state index contributed by atoms with van der Waals surface area (Å²) in [4.78, 5) is 11.0. The van der Waals surface area contributed by atoms with Crippen molar-refractivity contribution in [3.8, 4) is 0 Å². The van der Waals surface area contributed by atoms with E-state index in [2.05, 4.69) is 5.10 Å². The Kier molecular flexibility index (Phi) is 2.73. The Balaban J connectivity index is 2.18. The summed E-state index contributed by atoms with van der Waals surface area (Å²) < 4.78 is 7.21. The zero-order valence-electron chi connectivity index (χ0n) is 8.59. The normalized spacial score (nSPS) is 25.7. The molecule has 0 unspecified atom stereocenters. The summed E-state index contributed by atoms with van der Waals surface area (Å²) in [5, 5.41) is 13.1. The van der Waals surface area contributed by atoms with E-state index in [4.69, 9.17) is 9.84 Å². The maximum absolute atomic E-state index is 11.0. The van der Waals surface area contributed by atoms with Gasteiger partial charge < -0.3 is 9.84 Å². The molecule has 0 radical (unpaired) electrons. The lowest BCUT2D eigenvalue weighted by Gasteiger charge is -2.12. The fraction of sp³-hybridized carbons (Fsp3) is 0.600. The number of rotatable bonds is 3. The van der Waals surface area contributed by atoms with Crippen molar-refractivity contribution in [3.63, 3.8) is 0 Å². The summed E-state index contributed by atoms with van der Waals surface area (Å²) in [6.07, 6.45) is 3.79. The van der Waals surface area contributed by atoms with E-state index < -0.39 is 11.9 Å². The second-order valence-electron chi connectivity index (χ2n) is 3.65. The summed E-state index contributed by atoms with van der Waals surface area (Å²) in [7, 11) is 0. The monoisotopic (exact) mass is 210 g/mol. The van der Waals surface area contributed by atoms with E-state index >= 15 is 0 Å². The molecule has 0 saturated carbocycles. The Morgan fingerprint density at radius 3 is 3.20 bits per heavy atom. The number of carboxylic acid groups (broad SMARTS) is 1. The molecule has 2 rings (SSSR count). The number of hydrogen-bond acceptors (Lipinski definition) is 3. The third kappa shape index (κ3) is 1.87. The van der Waals surface area contributed by atoms with Gasteiger partial charge in [-0.05, 0) is 13.3 Å². The van der Waals surface area contributed by atoms with Gasteiger partial charge >= 0.3 is 5.97 Å². The molecule has 2 heterocycles. The highest BCUT2D eigenvalue weighted by Gasteiger charge is 2.35. The van der Waals surface area contributed by atoms with Crippen molar-refractivity contribution < 1.29 is 14.6 Å². The Morgan fingerprint density at radius 2 is 2.60 bits per heavy atom. The molecule has 0 aromatic carbocycles. The molecule has 1 N–H and O–H groups in total. The average molecular weight is 210 g/mol. The van der Waals surface area contributed by atoms with Crippen LogP contribution in [0.3, 0.4) is 0 Å². The first kappa shape index (κ1) is 10.2. The van der Waals surface area contributed by atoms with Crippen molar-refractivity contribution in [2.75, 3.05) is 6.61 Å². The van der Waals surface area contributed by atoms with E-state index in [1.165, 1.54) is 0 Å². The third-order valence-corrected chi connectivity index (χ3v) is 2.71. The second kappa shape index (κ2) is 4.02. The maximum Gasteiger partial charge on any atom is 0.309 e. The van der Waals surface area contributed by atoms with Gasteiger partial charge in [-0.15, -0.1) is 0 Å². The first-order chi connectivity index (χ1) is 7.22. The van der Waals surface area contributed by atoms with Crippen molar-refractivity contribution in [2.24, 2.45) is 5.92 Å². The average Bonchev–Trinajstić information content (AvgIpc) is 2.85. The van der Waals surface area contributed by atoms with E-state index in [0.717, 1.165) is 12.1 Å². The van der Waals surface area contributed by atoms with Gasteiger partial charge in [-0.3, -0.25) is 9.48 Å². The van der Waals surface area contributed by atoms with Crippen LogP contribution in [0.4, 0.5) is 0 Å². The van der Waals surface area contributed by atoms with Crippen LogP contribution in [0.15, 0.2) is 12.4 Å². The lowest BCUT2D eigenvalue weighted by atomic mass is 9.98. The van der Waals surface area contributed by atoms with Gasteiger partial charge in [-0.2, -0.15) is 5.10 Å². The molecule has 15 heavy (non-hydrogen) atoms. The Bertz CT molecular complexity index is 361. The van der Waals surface area contributed by atoms with E-state index in [0.29, 0.717) is 13.0 Å². The molecule has 1 aliphatic rings. The maximum atomic E-state index is 11.0. The molecule has 2 atom stereocenters. The second-order valence-corrected chi connectivity index (χ2v) is 3.65. The number of nitrogens with zero attached hydrogens (tertiary/aromatic N) is 2. The van der Waals surface area contributed by atoms with E-state index in [9.17, 15) is 4.79 Å². The number of aliphatic carboxylic acids is 1. The Hall–Kier alpha value is -1.36. The van der Waals surface area contributed by atoms with Crippen molar-refractivity contribution in [1.29, 1.82) is 0 Å². The molecule has 1 aromatic rings. The number of carboxylic acids is 1. The van der Waals surface area contributed by atoms with Crippen molar-refractivity contribution >= 4 is 5.97 Å². The highest BCUT2D eigenvalue weighted by atomic mass is 16.5. The van der Waals surface area contributed by atoms with Gasteiger partial charge in [0, 0.05) is 24.9 Å². The van der Waals surface area contributed by atoms with Crippen LogP contribution >= 0.6 is 0 Å². The zero-order valence-corrected chi connectivity index (χ0v) is 8.59. The molecule has 1 saturated heterocycles. The molecule has 5 heteroatoms. The lowest BCUT2D eigenvalue weighted by Crippen LogP contribution is -2.17. The van der Waals surface area contributed by atoms with Crippen LogP contribution < -0.4 is 0 Å². The minimum absolute atomic E-state index is 0.331. The molecule has 1 fully saturated rings. The van der Waals surface area contributed by atoms with Gasteiger partial charge in [0.2, 0.25) is 0 Å². The van der Waals surface area contributed by atoms with Crippen LogP contribution in [0.5, 0.6) is 0 Å². The van der Waals surface area contributed by atoms with Gasteiger partial charge in [0.25, 0.3) is 0 Å². The van der Waals surface area contributed by atoms with Crippen LogP contribution in [0.2, 0.25) is 0 Å². The highest BCUT2D eigenvalue weighted by Crippen LogP contribution is 2.34. The molecule has 0 aliphatic carbocycles. The minimum atomic E-state index is -0.790. The molecular formula is C10H14N2O3. The predicted molar refractivity (Wildman–Crippen MR) is 52.3 cm³/mol. The van der Waals surface area contributed by atoms with Crippen LogP contribution in [-0.2, 0) is 16.1 Å². The minimum Gasteiger partial charge on any atom is -0.481 e. The molecule has 0 amide bonds. The number of carbonyl (C=O) groups is 1. The van der Waals surface area contributed by atoms with Crippen LogP contribution in [0.25, 0.3) is 0 Å². The number of hydrogen-bond donors (Lipinski definition) is 1. The largest absolute Gasteiger partial charge is 0.481 e. The SMILES string of the molecule is CCn1cc([C@@H]2OCC[C@H]2C(=O)O)cn1. The summed E-state index contributed by atoms with van der Waals surface area (Å²) in [5.41, 5.74) is 0.863. The third-order valence-electron chi connectivity index (χ3n) is 2.71. The molecule has 82 valence electrons. The number of ether oxygens (including phenoxy) is 1. The van der Waals surface area contributed by atoms with Crippen molar-refractivity contribution in [1.82, 2.24) is 9.78 Å². The smallest absolute Gasteiger partial charge is 0.309 e. The summed E-state index contributed by atoms with van der Waals surface area (Å²) in [6.45, 7) is 3.28. The van der Waals surface area contributed by atoms with Crippen molar-refractivity contribution in [2.45, 2.75) is 26.0 Å². The predicted octanol–water partition coefficient (Wildman–Crippen LogP) is 1.07. The quantitative estimate of drug-likeness (QED) is 0.810. The fourth-order valence-electron chi connectivity index (χ4n) is 1.87. The molecular weight excluding hydrogens is 196 g/mol.